The number of H-pyrrole nitrogens is 1. The first kappa shape index (κ1) is 9.80. The van der Waals surface area contributed by atoms with Crippen LogP contribution in [-0.4, -0.2) is 16.9 Å². The fourth-order valence-corrected chi connectivity index (χ4v) is 1.03. The summed E-state index contributed by atoms with van der Waals surface area (Å²) in [6.07, 6.45) is 0. The average Bonchev–Trinajstić information content (AvgIpc) is 2.50. The van der Waals surface area contributed by atoms with Crippen molar-refractivity contribution in [2.75, 3.05) is 0 Å². The minimum absolute atomic E-state index is 0.0882. The molecule has 0 unspecified atom stereocenters. The maximum atomic E-state index is 11.4. The molecule has 0 spiro atoms. The molecule has 0 aliphatic carbocycles. The highest BCUT2D eigenvalue weighted by Gasteiger charge is 2.07. The molecule has 4 nitrogen and oxygen atoms in total. The van der Waals surface area contributed by atoms with E-state index in [0.29, 0.717) is 12.2 Å². The van der Waals surface area contributed by atoms with Crippen molar-refractivity contribution in [2.45, 2.75) is 26.4 Å². The Balaban J connectivity index is 2.66. The predicted octanol–water partition coefficient (Wildman–Crippen LogP) is 0.612. The second kappa shape index (κ2) is 4.09. The molecule has 1 rings (SSSR count). The van der Waals surface area contributed by atoms with Gasteiger partial charge in [0.25, 0.3) is 5.91 Å². The highest BCUT2D eigenvalue weighted by atomic mass is 16.1. The molecule has 0 bridgehead atoms. The molecule has 1 aromatic rings. The van der Waals surface area contributed by atoms with Crippen LogP contribution < -0.4 is 11.1 Å². The predicted molar refractivity (Wildman–Crippen MR) is 51.3 cm³/mol. The number of carbonyl (C=O) groups excluding carboxylic acids is 1. The van der Waals surface area contributed by atoms with Crippen LogP contribution in [0.1, 0.15) is 30.0 Å². The minimum atomic E-state index is -0.0882. The van der Waals surface area contributed by atoms with Crippen LogP contribution >= 0.6 is 0 Å². The summed E-state index contributed by atoms with van der Waals surface area (Å²) >= 11 is 0. The first-order chi connectivity index (χ1) is 6.13. The zero-order valence-corrected chi connectivity index (χ0v) is 7.92. The highest BCUT2D eigenvalue weighted by molar-refractivity contribution is 5.92. The fourth-order valence-electron chi connectivity index (χ4n) is 1.03. The summed E-state index contributed by atoms with van der Waals surface area (Å²) in [4.78, 5) is 14.3. The maximum Gasteiger partial charge on any atom is 0.267 e. The lowest BCUT2D eigenvalue weighted by Crippen LogP contribution is -2.30. The molecule has 0 radical (unpaired) electrons. The van der Waals surface area contributed by atoms with Gasteiger partial charge in [-0.2, -0.15) is 0 Å². The molecule has 13 heavy (non-hydrogen) atoms. The Morgan fingerprint density at radius 3 is 2.77 bits per heavy atom. The van der Waals surface area contributed by atoms with Crippen molar-refractivity contribution < 1.29 is 4.79 Å². The van der Waals surface area contributed by atoms with E-state index < -0.39 is 0 Å². The SMILES string of the molecule is CC(C)NC(=O)c1ccc(CN)[nH]1. The molecule has 72 valence electrons. The summed E-state index contributed by atoms with van der Waals surface area (Å²) < 4.78 is 0. The standard InChI is InChI=1S/C9H15N3O/c1-6(2)11-9(13)8-4-3-7(5-10)12-8/h3-4,6,12H,5,10H2,1-2H3,(H,11,13). The number of aromatic amines is 1. The molecule has 1 amide bonds. The molecule has 0 fully saturated rings. The van der Waals surface area contributed by atoms with Gasteiger partial charge in [0.1, 0.15) is 5.69 Å². The summed E-state index contributed by atoms with van der Waals surface area (Å²) in [5.41, 5.74) is 6.83. The van der Waals surface area contributed by atoms with Gasteiger partial charge in [-0.15, -0.1) is 0 Å². The van der Waals surface area contributed by atoms with Gasteiger partial charge in [0.05, 0.1) is 0 Å². The van der Waals surface area contributed by atoms with Crippen LogP contribution in [0.5, 0.6) is 0 Å². The zero-order valence-electron chi connectivity index (χ0n) is 7.92. The third-order valence-electron chi connectivity index (χ3n) is 1.63. The molecule has 4 N–H and O–H groups in total. The van der Waals surface area contributed by atoms with Crippen LogP contribution in [-0.2, 0) is 6.54 Å². The third kappa shape index (κ3) is 2.59. The van der Waals surface area contributed by atoms with E-state index in [9.17, 15) is 4.79 Å². The monoisotopic (exact) mass is 181 g/mol. The number of nitrogens with two attached hydrogens (primary N) is 1. The highest BCUT2D eigenvalue weighted by Crippen LogP contribution is 2.00. The van der Waals surface area contributed by atoms with Crippen LogP contribution in [0.2, 0.25) is 0 Å². The Hall–Kier alpha value is -1.29. The number of hydrogen-bond acceptors (Lipinski definition) is 2. The maximum absolute atomic E-state index is 11.4. The molecule has 0 aromatic carbocycles. The molecule has 0 aliphatic heterocycles. The van der Waals surface area contributed by atoms with Crippen LogP contribution in [0.25, 0.3) is 0 Å². The Labute approximate surface area is 77.5 Å². The van der Waals surface area contributed by atoms with Gasteiger partial charge in [0.2, 0.25) is 0 Å². The van der Waals surface area contributed by atoms with Crippen molar-refractivity contribution in [3.05, 3.63) is 23.5 Å². The summed E-state index contributed by atoms with van der Waals surface area (Å²) in [5, 5.41) is 2.79. The molecule has 0 saturated carbocycles. The fraction of sp³-hybridized carbons (Fsp3) is 0.444. The van der Waals surface area contributed by atoms with E-state index in [2.05, 4.69) is 10.3 Å². The molecular weight excluding hydrogens is 166 g/mol. The molecule has 4 heteroatoms. The number of carbonyl (C=O) groups is 1. The van der Waals surface area contributed by atoms with Crippen molar-refractivity contribution >= 4 is 5.91 Å². The Kier molecular flexibility index (Phi) is 3.08. The van der Waals surface area contributed by atoms with Gasteiger partial charge in [0, 0.05) is 18.3 Å². The topological polar surface area (TPSA) is 70.9 Å². The smallest absolute Gasteiger partial charge is 0.267 e. The van der Waals surface area contributed by atoms with Gasteiger partial charge in [0.15, 0.2) is 0 Å². The van der Waals surface area contributed by atoms with Crippen molar-refractivity contribution in [1.82, 2.24) is 10.3 Å². The van der Waals surface area contributed by atoms with Crippen molar-refractivity contribution in [3.63, 3.8) is 0 Å². The lowest BCUT2D eigenvalue weighted by Gasteiger charge is -2.06. The van der Waals surface area contributed by atoms with Crippen LogP contribution in [0.4, 0.5) is 0 Å². The van der Waals surface area contributed by atoms with Gasteiger partial charge in [-0.1, -0.05) is 0 Å². The van der Waals surface area contributed by atoms with E-state index in [1.54, 1.807) is 6.07 Å². The number of hydrogen-bond donors (Lipinski definition) is 3. The first-order valence-electron chi connectivity index (χ1n) is 4.32. The molecular formula is C9H15N3O. The Bertz CT molecular complexity index is 291. The Morgan fingerprint density at radius 1 is 1.62 bits per heavy atom. The lowest BCUT2D eigenvalue weighted by atomic mass is 10.3. The quantitative estimate of drug-likeness (QED) is 0.639. The summed E-state index contributed by atoms with van der Waals surface area (Å²) in [5.74, 6) is -0.0882. The second-order valence-electron chi connectivity index (χ2n) is 3.23. The van der Waals surface area contributed by atoms with E-state index in [4.69, 9.17) is 5.73 Å². The van der Waals surface area contributed by atoms with Gasteiger partial charge in [-0.25, -0.2) is 0 Å². The molecule has 0 aliphatic rings. The van der Waals surface area contributed by atoms with Gasteiger partial charge in [-0.3, -0.25) is 4.79 Å². The number of nitrogens with one attached hydrogen (secondary N) is 2. The van der Waals surface area contributed by atoms with Crippen LogP contribution in [0, 0.1) is 0 Å². The number of amides is 1. The van der Waals surface area contributed by atoms with Crippen molar-refractivity contribution in [1.29, 1.82) is 0 Å². The molecule has 0 atom stereocenters. The Morgan fingerprint density at radius 2 is 2.31 bits per heavy atom. The van der Waals surface area contributed by atoms with Gasteiger partial charge >= 0.3 is 0 Å². The normalized spacial score (nSPS) is 10.5. The van der Waals surface area contributed by atoms with E-state index in [0.717, 1.165) is 5.69 Å². The molecule has 1 heterocycles. The first-order valence-corrected chi connectivity index (χ1v) is 4.32. The van der Waals surface area contributed by atoms with E-state index in [1.807, 2.05) is 19.9 Å². The van der Waals surface area contributed by atoms with Gasteiger partial charge in [-0.05, 0) is 26.0 Å². The summed E-state index contributed by atoms with van der Waals surface area (Å²) in [6, 6.07) is 3.70. The van der Waals surface area contributed by atoms with E-state index in [-0.39, 0.29) is 11.9 Å². The van der Waals surface area contributed by atoms with Crippen LogP contribution in [0.15, 0.2) is 12.1 Å². The molecule has 0 saturated heterocycles. The average molecular weight is 181 g/mol. The molecule has 1 aromatic heterocycles. The van der Waals surface area contributed by atoms with E-state index in [1.165, 1.54) is 0 Å². The van der Waals surface area contributed by atoms with Crippen LogP contribution in [0.3, 0.4) is 0 Å². The van der Waals surface area contributed by atoms with Crippen molar-refractivity contribution in [2.24, 2.45) is 5.73 Å². The zero-order chi connectivity index (χ0) is 9.84. The van der Waals surface area contributed by atoms with E-state index >= 15 is 0 Å². The summed E-state index contributed by atoms with van der Waals surface area (Å²) in [6.45, 7) is 4.27. The van der Waals surface area contributed by atoms with Crippen molar-refractivity contribution in [3.8, 4) is 0 Å². The number of rotatable bonds is 3. The lowest BCUT2D eigenvalue weighted by molar-refractivity contribution is 0.0938. The second-order valence-corrected chi connectivity index (χ2v) is 3.23. The third-order valence-corrected chi connectivity index (χ3v) is 1.63. The summed E-state index contributed by atoms with van der Waals surface area (Å²) in [7, 11) is 0. The minimum Gasteiger partial charge on any atom is -0.353 e. The number of aromatic nitrogens is 1. The largest absolute Gasteiger partial charge is 0.353 e. The van der Waals surface area contributed by atoms with Gasteiger partial charge < -0.3 is 16.0 Å².